The van der Waals surface area contributed by atoms with E-state index in [4.69, 9.17) is 4.74 Å². The minimum absolute atomic E-state index is 0.0430. The van der Waals surface area contributed by atoms with E-state index in [2.05, 4.69) is 18.7 Å². The fourth-order valence-corrected chi connectivity index (χ4v) is 2.96. The first-order valence-electron chi connectivity index (χ1n) is 6.55. The molecule has 0 radical (unpaired) electrons. The summed E-state index contributed by atoms with van der Waals surface area (Å²) in [5, 5.41) is 0. The molecular formula is C13H24FNO. The van der Waals surface area contributed by atoms with E-state index < -0.39 is 6.17 Å². The third-order valence-electron chi connectivity index (χ3n) is 3.83. The second-order valence-electron chi connectivity index (χ2n) is 5.94. The molecule has 2 saturated heterocycles. The average molecular weight is 229 g/mol. The van der Waals surface area contributed by atoms with Crippen molar-refractivity contribution < 1.29 is 9.13 Å². The molecule has 0 amide bonds. The molecule has 94 valence electrons. The van der Waals surface area contributed by atoms with Gasteiger partial charge in [-0.3, -0.25) is 0 Å². The van der Waals surface area contributed by atoms with Crippen molar-refractivity contribution in [3.05, 3.63) is 0 Å². The highest BCUT2D eigenvalue weighted by molar-refractivity contribution is 4.82. The van der Waals surface area contributed by atoms with Gasteiger partial charge in [0.15, 0.2) is 0 Å². The zero-order valence-electron chi connectivity index (χ0n) is 10.5. The van der Waals surface area contributed by atoms with E-state index in [0.29, 0.717) is 0 Å². The third kappa shape index (κ3) is 3.42. The van der Waals surface area contributed by atoms with E-state index in [1.54, 1.807) is 0 Å². The van der Waals surface area contributed by atoms with Crippen molar-refractivity contribution in [1.82, 2.24) is 4.90 Å². The van der Waals surface area contributed by atoms with Gasteiger partial charge in [-0.1, -0.05) is 0 Å². The molecule has 1 unspecified atom stereocenters. The summed E-state index contributed by atoms with van der Waals surface area (Å²) in [6, 6.07) is 0. The molecule has 2 fully saturated rings. The molecule has 0 aromatic heterocycles. The Hall–Kier alpha value is -0.150. The molecule has 0 bridgehead atoms. The molecule has 0 aliphatic carbocycles. The molecule has 0 spiro atoms. The quantitative estimate of drug-likeness (QED) is 0.721. The lowest BCUT2D eigenvalue weighted by atomic mass is 9.87. The molecule has 3 heteroatoms. The fourth-order valence-electron chi connectivity index (χ4n) is 2.96. The van der Waals surface area contributed by atoms with Crippen molar-refractivity contribution in [1.29, 1.82) is 0 Å². The Labute approximate surface area is 98.1 Å². The Balaban J connectivity index is 1.76. The van der Waals surface area contributed by atoms with Crippen LogP contribution in [0.25, 0.3) is 0 Å². The molecule has 2 aliphatic heterocycles. The van der Waals surface area contributed by atoms with E-state index in [1.165, 1.54) is 6.42 Å². The lowest BCUT2D eigenvalue weighted by Gasteiger charge is -2.39. The van der Waals surface area contributed by atoms with Gasteiger partial charge in [0.05, 0.1) is 5.60 Å². The number of likely N-dealkylation sites (tertiary alicyclic amines) is 1. The van der Waals surface area contributed by atoms with E-state index >= 15 is 0 Å². The minimum Gasteiger partial charge on any atom is -0.376 e. The van der Waals surface area contributed by atoms with Crippen LogP contribution in [-0.2, 0) is 4.74 Å². The van der Waals surface area contributed by atoms with Crippen LogP contribution in [0.4, 0.5) is 4.39 Å². The fraction of sp³-hybridized carbons (Fsp3) is 1.00. The highest BCUT2D eigenvalue weighted by Crippen LogP contribution is 2.29. The SMILES string of the molecule is CC1(C)CC(CN2CCC(F)CC2)CCO1. The summed E-state index contributed by atoms with van der Waals surface area (Å²) in [4.78, 5) is 2.43. The molecule has 0 aromatic rings. The van der Waals surface area contributed by atoms with Crippen molar-refractivity contribution in [3.63, 3.8) is 0 Å². The van der Waals surface area contributed by atoms with Crippen molar-refractivity contribution in [2.24, 2.45) is 5.92 Å². The Morgan fingerprint density at radius 3 is 2.56 bits per heavy atom. The van der Waals surface area contributed by atoms with Crippen LogP contribution in [0.2, 0.25) is 0 Å². The van der Waals surface area contributed by atoms with Crippen molar-refractivity contribution in [2.75, 3.05) is 26.2 Å². The summed E-state index contributed by atoms with van der Waals surface area (Å²) in [5.41, 5.74) is 0.0430. The maximum absolute atomic E-state index is 13.0. The summed E-state index contributed by atoms with van der Waals surface area (Å²) >= 11 is 0. The number of hydrogen-bond acceptors (Lipinski definition) is 2. The predicted molar refractivity (Wildman–Crippen MR) is 63.3 cm³/mol. The van der Waals surface area contributed by atoms with Crippen LogP contribution in [-0.4, -0.2) is 42.9 Å². The zero-order valence-corrected chi connectivity index (χ0v) is 10.5. The van der Waals surface area contributed by atoms with Crippen LogP contribution in [0.5, 0.6) is 0 Å². The normalized spacial score (nSPS) is 32.8. The van der Waals surface area contributed by atoms with E-state index in [9.17, 15) is 4.39 Å². The van der Waals surface area contributed by atoms with Crippen LogP contribution >= 0.6 is 0 Å². The lowest BCUT2D eigenvalue weighted by molar-refractivity contribution is -0.0779. The van der Waals surface area contributed by atoms with Gasteiger partial charge in [0.1, 0.15) is 6.17 Å². The minimum atomic E-state index is -0.553. The number of piperidine rings is 1. The van der Waals surface area contributed by atoms with Crippen LogP contribution in [0.3, 0.4) is 0 Å². The zero-order chi connectivity index (χ0) is 11.6. The Morgan fingerprint density at radius 1 is 1.25 bits per heavy atom. The summed E-state index contributed by atoms with van der Waals surface area (Å²) in [6.07, 6.45) is 3.21. The van der Waals surface area contributed by atoms with Crippen molar-refractivity contribution in [3.8, 4) is 0 Å². The van der Waals surface area contributed by atoms with E-state index in [0.717, 1.165) is 51.4 Å². The second-order valence-corrected chi connectivity index (χ2v) is 5.94. The first-order valence-corrected chi connectivity index (χ1v) is 6.55. The van der Waals surface area contributed by atoms with Gasteiger partial charge in [0.25, 0.3) is 0 Å². The molecule has 0 N–H and O–H groups in total. The maximum atomic E-state index is 13.0. The van der Waals surface area contributed by atoms with Gasteiger partial charge in [-0.25, -0.2) is 4.39 Å². The van der Waals surface area contributed by atoms with Gasteiger partial charge in [0.2, 0.25) is 0 Å². The third-order valence-corrected chi connectivity index (χ3v) is 3.83. The molecule has 2 nitrogen and oxygen atoms in total. The monoisotopic (exact) mass is 229 g/mol. The predicted octanol–water partition coefficient (Wildman–Crippen LogP) is 2.63. The number of ether oxygens (including phenoxy) is 1. The average Bonchev–Trinajstić information content (AvgIpc) is 2.20. The summed E-state index contributed by atoms with van der Waals surface area (Å²) in [5.74, 6) is 0.736. The standard InChI is InChI=1S/C13H24FNO/c1-13(2)9-11(5-8-16-13)10-15-6-3-12(14)4-7-15/h11-12H,3-10H2,1-2H3. The maximum Gasteiger partial charge on any atom is 0.103 e. The topological polar surface area (TPSA) is 12.5 Å². The number of rotatable bonds is 2. The molecule has 0 aromatic carbocycles. The highest BCUT2D eigenvalue weighted by atomic mass is 19.1. The Kier molecular flexibility index (Phi) is 3.85. The number of alkyl halides is 1. The van der Waals surface area contributed by atoms with Crippen LogP contribution < -0.4 is 0 Å². The van der Waals surface area contributed by atoms with Crippen molar-refractivity contribution in [2.45, 2.75) is 51.3 Å². The van der Waals surface area contributed by atoms with Crippen molar-refractivity contribution >= 4 is 0 Å². The molecule has 2 aliphatic rings. The summed E-state index contributed by atoms with van der Waals surface area (Å²) < 4.78 is 18.7. The van der Waals surface area contributed by atoms with Gasteiger partial charge in [-0.05, 0) is 45.4 Å². The first-order chi connectivity index (χ1) is 7.55. The Morgan fingerprint density at radius 2 is 1.94 bits per heavy atom. The van der Waals surface area contributed by atoms with Crippen LogP contribution in [0, 0.1) is 5.92 Å². The molecule has 1 atom stereocenters. The first kappa shape index (κ1) is 12.3. The smallest absolute Gasteiger partial charge is 0.103 e. The van der Waals surface area contributed by atoms with Crippen LogP contribution in [0.1, 0.15) is 39.5 Å². The Bertz CT molecular complexity index is 224. The van der Waals surface area contributed by atoms with Crippen LogP contribution in [0.15, 0.2) is 0 Å². The highest BCUT2D eigenvalue weighted by Gasteiger charge is 2.30. The van der Waals surface area contributed by atoms with Gasteiger partial charge in [0, 0.05) is 26.2 Å². The number of hydrogen-bond donors (Lipinski definition) is 0. The van der Waals surface area contributed by atoms with E-state index in [-0.39, 0.29) is 5.60 Å². The number of nitrogens with zero attached hydrogens (tertiary/aromatic N) is 1. The number of halogens is 1. The molecule has 2 rings (SSSR count). The van der Waals surface area contributed by atoms with Gasteiger partial charge >= 0.3 is 0 Å². The van der Waals surface area contributed by atoms with Gasteiger partial charge in [-0.2, -0.15) is 0 Å². The van der Waals surface area contributed by atoms with Gasteiger partial charge in [-0.15, -0.1) is 0 Å². The molecular weight excluding hydrogens is 205 g/mol. The molecule has 16 heavy (non-hydrogen) atoms. The second kappa shape index (κ2) is 5.01. The summed E-state index contributed by atoms with van der Waals surface area (Å²) in [6.45, 7) is 8.26. The van der Waals surface area contributed by atoms with E-state index in [1.807, 2.05) is 0 Å². The molecule has 2 heterocycles. The summed E-state index contributed by atoms with van der Waals surface area (Å²) in [7, 11) is 0. The van der Waals surface area contributed by atoms with Gasteiger partial charge < -0.3 is 9.64 Å². The largest absolute Gasteiger partial charge is 0.376 e. The molecule has 0 saturated carbocycles. The lowest BCUT2D eigenvalue weighted by Crippen LogP contribution is -2.42.